The van der Waals surface area contributed by atoms with E-state index in [1.807, 2.05) is 44.2 Å². The molecule has 0 radical (unpaired) electrons. The van der Waals surface area contributed by atoms with Crippen LogP contribution in [0.3, 0.4) is 0 Å². The van der Waals surface area contributed by atoms with E-state index in [0.29, 0.717) is 17.0 Å². The maximum atomic E-state index is 12.5. The molecule has 3 N–H and O–H groups in total. The van der Waals surface area contributed by atoms with Gasteiger partial charge in [-0.05, 0) is 35.7 Å². The molecule has 8 heteroatoms. The van der Waals surface area contributed by atoms with Crippen LogP contribution in [-0.2, 0) is 16.1 Å². The third kappa shape index (κ3) is 7.12. The quantitative estimate of drug-likeness (QED) is 0.601. The summed E-state index contributed by atoms with van der Waals surface area (Å²) in [6.45, 7) is 3.81. The van der Waals surface area contributed by atoms with Crippen LogP contribution in [-0.4, -0.2) is 23.9 Å². The van der Waals surface area contributed by atoms with E-state index >= 15 is 0 Å². The third-order valence-corrected chi connectivity index (χ3v) is 4.64. The molecule has 2 aromatic rings. The Kier molecular flexibility index (Phi) is 8.48. The van der Waals surface area contributed by atoms with Crippen molar-refractivity contribution in [2.45, 2.75) is 32.9 Å². The van der Waals surface area contributed by atoms with Crippen LogP contribution in [0.1, 0.15) is 36.2 Å². The lowest BCUT2D eigenvalue weighted by Crippen LogP contribution is -2.54. The Morgan fingerprint density at radius 2 is 1.66 bits per heavy atom. The Balaban J connectivity index is 1.90. The standard InChI is InChI=1S/C21H24ClN3O4/c1-3-14(2)18(23-21(28)29-13-15-7-5-4-6-8-15)20(27)25-24-19(26)16-9-11-17(22)12-10-16/h4-12,14,18H,3,13H2,1-2H3,(H,23,28)(H,24,26)(H,25,27)/t14-,18-/m0/s1. The zero-order valence-corrected chi connectivity index (χ0v) is 17.0. The number of carbonyl (C=O) groups excluding carboxylic acids is 3. The van der Waals surface area contributed by atoms with Crippen LogP contribution in [0.5, 0.6) is 0 Å². The number of benzene rings is 2. The number of ether oxygens (including phenoxy) is 1. The summed E-state index contributed by atoms with van der Waals surface area (Å²) < 4.78 is 5.18. The minimum absolute atomic E-state index is 0.0921. The van der Waals surface area contributed by atoms with Gasteiger partial charge < -0.3 is 10.1 Å². The van der Waals surface area contributed by atoms with Gasteiger partial charge in [0.15, 0.2) is 0 Å². The monoisotopic (exact) mass is 417 g/mol. The van der Waals surface area contributed by atoms with Crippen molar-refractivity contribution in [2.75, 3.05) is 0 Å². The first kappa shape index (κ1) is 22.2. The van der Waals surface area contributed by atoms with Gasteiger partial charge in [0.1, 0.15) is 12.6 Å². The Hall–Kier alpha value is -3.06. The van der Waals surface area contributed by atoms with Crippen LogP contribution in [0.2, 0.25) is 5.02 Å². The molecule has 29 heavy (non-hydrogen) atoms. The second-order valence-corrected chi connectivity index (χ2v) is 6.96. The molecule has 0 aliphatic rings. The summed E-state index contributed by atoms with van der Waals surface area (Å²) in [4.78, 5) is 36.8. The molecule has 0 heterocycles. The molecular weight excluding hydrogens is 394 g/mol. The van der Waals surface area contributed by atoms with Gasteiger partial charge >= 0.3 is 6.09 Å². The molecule has 0 fully saturated rings. The fraction of sp³-hybridized carbons (Fsp3) is 0.286. The van der Waals surface area contributed by atoms with Crippen molar-refractivity contribution in [3.8, 4) is 0 Å². The number of hydrogen-bond acceptors (Lipinski definition) is 4. The van der Waals surface area contributed by atoms with Gasteiger partial charge in [-0.3, -0.25) is 20.4 Å². The van der Waals surface area contributed by atoms with Gasteiger partial charge in [-0.15, -0.1) is 0 Å². The number of nitrogens with one attached hydrogen (secondary N) is 3. The van der Waals surface area contributed by atoms with Gasteiger partial charge in [0.25, 0.3) is 11.8 Å². The molecule has 2 atom stereocenters. The van der Waals surface area contributed by atoms with Gasteiger partial charge in [-0.2, -0.15) is 0 Å². The summed E-state index contributed by atoms with van der Waals surface area (Å²) in [7, 11) is 0. The van der Waals surface area contributed by atoms with Crippen molar-refractivity contribution in [2.24, 2.45) is 5.92 Å². The maximum absolute atomic E-state index is 12.5. The van der Waals surface area contributed by atoms with Gasteiger partial charge in [0.2, 0.25) is 0 Å². The molecule has 2 aromatic carbocycles. The van der Waals surface area contributed by atoms with Crippen molar-refractivity contribution in [3.63, 3.8) is 0 Å². The van der Waals surface area contributed by atoms with Gasteiger partial charge in [0.05, 0.1) is 0 Å². The Bertz CT molecular complexity index is 828. The molecule has 0 aliphatic heterocycles. The highest BCUT2D eigenvalue weighted by molar-refractivity contribution is 6.30. The fourth-order valence-corrected chi connectivity index (χ4v) is 2.59. The topological polar surface area (TPSA) is 96.5 Å². The van der Waals surface area contributed by atoms with E-state index < -0.39 is 23.9 Å². The van der Waals surface area contributed by atoms with Crippen LogP contribution in [0.25, 0.3) is 0 Å². The van der Waals surface area contributed by atoms with Crippen LogP contribution in [0, 0.1) is 5.92 Å². The second kappa shape index (κ2) is 11.1. The predicted molar refractivity (Wildman–Crippen MR) is 110 cm³/mol. The number of hydrazine groups is 1. The van der Waals surface area contributed by atoms with E-state index in [1.54, 1.807) is 12.1 Å². The molecule has 2 rings (SSSR count). The minimum Gasteiger partial charge on any atom is -0.445 e. The first-order valence-corrected chi connectivity index (χ1v) is 9.61. The molecule has 7 nitrogen and oxygen atoms in total. The second-order valence-electron chi connectivity index (χ2n) is 6.52. The third-order valence-electron chi connectivity index (χ3n) is 4.39. The number of carbonyl (C=O) groups is 3. The van der Waals surface area contributed by atoms with Crippen LogP contribution < -0.4 is 16.2 Å². The normalized spacial score (nSPS) is 12.4. The molecule has 0 aliphatic carbocycles. The number of amides is 3. The van der Waals surface area contributed by atoms with Gasteiger partial charge in [-0.25, -0.2) is 4.79 Å². The average molecular weight is 418 g/mol. The molecule has 0 saturated heterocycles. The summed E-state index contributed by atoms with van der Waals surface area (Å²) in [5.74, 6) is -1.21. The fourth-order valence-electron chi connectivity index (χ4n) is 2.46. The summed E-state index contributed by atoms with van der Waals surface area (Å²) in [6.07, 6.45) is -0.0688. The lowest BCUT2D eigenvalue weighted by Gasteiger charge is -2.23. The van der Waals surface area contributed by atoms with Crippen molar-refractivity contribution >= 4 is 29.5 Å². The zero-order valence-electron chi connectivity index (χ0n) is 16.3. The van der Waals surface area contributed by atoms with Crippen LogP contribution >= 0.6 is 11.6 Å². The lowest BCUT2D eigenvalue weighted by atomic mass is 9.99. The van der Waals surface area contributed by atoms with E-state index in [1.165, 1.54) is 12.1 Å². The highest BCUT2D eigenvalue weighted by atomic mass is 35.5. The van der Waals surface area contributed by atoms with E-state index in [0.717, 1.165) is 5.56 Å². The molecular formula is C21H24ClN3O4. The zero-order chi connectivity index (χ0) is 21.2. The number of rotatable bonds is 7. The van der Waals surface area contributed by atoms with Crippen LogP contribution in [0.15, 0.2) is 54.6 Å². The largest absolute Gasteiger partial charge is 0.445 e. The van der Waals surface area contributed by atoms with E-state index in [2.05, 4.69) is 16.2 Å². The Morgan fingerprint density at radius 3 is 2.28 bits per heavy atom. The first-order chi connectivity index (χ1) is 13.9. The summed E-state index contributed by atoms with van der Waals surface area (Å²) in [5.41, 5.74) is 5.86. The summed E-state index contributed by atoms with van der Waals surface area (Å²) in [6, 6.07) is 14.6. The highest BCUT2D eigenvalue weighted by Gasteiger charge is 2.27. The molecule has 0 aromatic heterocycles. The van der Waals surface area contributed by atoms with E-state index in [9.17, 15) is 14.4 Å². The summed E-state index contributed by atoms with van der Waals surface area (Å²) >= 11 is 5.80. The van der Waals surface area contributed by atoms with E-state index in [4.69, 9.17) is 16.3 Å². The summed E-state index contributed by atoms with van der Waals surface area (Å²) in [5, 5.41) is 3.07. The molecule has 0 bridgehead atoms. The minimum atomic E-state index is -0.867. The Morgan fingerprint density at radius 1 is 1.00 bits per heavy atom. The van der Waals surface area contributed by atoms with E-state index in [-0.39, 0.29) is 12.5 Å². The maximum Gasteiger partial charge on any atom is 0.408 e. The van der Waals surface area contributed by atoms with Crippen molar-refractivity contribution in [3.05, 3.63) is 70.7 Å². The van der Waals surface area contributed by atoms with Crippen molar-refractivity contribution in [1.82, 2.24) is 16.2 Å². The molecule has 0 unspecified atom stereocenters. The smallest absolute Gasteiger partial charge is 0.408 e. The molecule has 3 amide bonds. The highest BCUT2D eigenvalue weighted by Crippen LogP contribution is 2.10. The predicted octanol–water partition coefficient (Wildman–Crippen LogP) is 3.44. The number of hydrogen-bond donors (Lipinski definition) is 3. The lowest BCUT2D eigenvalue weighted by molar-refractivity contribution is -0.125. The average Bonchev–Trinajstić information content (AvgIpc) is 2.74. The SMILES string of the molecule is CC[C@H](C)[C@H](NC(=O)OCc1ccccc1)C(=O)NNC(=O)c1ccc(Cl)cc1. The van der Waals surface area contributed by atoms with Gasteiger partial charge in [-0.1, -0.05) is 62.2 Å². The Labute approximate surface area is 174 Å². The molecule has 0 saturated carbocycles. The molecule has 0 spiro atoms. The molecule has 154 valence electrons. The number of alkyl carbamates (subject to hydrolysis) is 1. The van der Waals surface area contributed by atoms with Crippen molar-refractivity contribution in [1.29, 1.82) is 0 Å². The van der Waals surface area contributed by atoms with Crippen LogP contribution in [0.4, 0.5) is 4.79 Å². The first-order valence-electron chi connectivity index (χ1n) is 9.23. The number of halogens is 1. The van der Waals surface area contributed by atoms with Gasteiger partial charge in [0, 0.05) is 10.6 Å². The van der Waals surface area contributed by atoms with Crippen molar-refractivity contribution < 1.29 is 19.1 Å².